The Morgan fingerprint density at radius 1 is 0.857 bits per heavy atom. The third-order valence-corrected chi connectivity index (χ3v) is 1.86. The quantitative estimate of drug-likeness (QED) is 0.669. The van der Waals surface area contributed by atoms with Crippen LogP contribution in [0.5, 0.6) is 0 Å². The fourth-order valence-electron chi connectivity index (χ4n) is 0.632. The number of hydrogen-bond acceptors (Lipinski definition) is 2. The van der Waals surface area contributed by atoms with E-state index < -0.39 is 0 Å². The van der Waals surface area contributed by atoms with E-state index in [9.17, 15) is 9.59 Å². The molecular weight excluding hydrogens is 223 g/mol. The molecule has 0 aromatic heterocycles. The second-order valence-corrected chi connectivity index (χ2v) is 3.75. The van der Waals surface area contributed by atoms with Gasteiger partial charge < -0.3 is 9.59 Å². The molecule has 0 N–H and O–H groups in total. The number of hydrogen-bond donors (Lipinski definition) is 0. The van der Waals surface area contributed by atoms with Crippen LogP contribution < -0.4 is 0 Å². The molecule has 0 aromatic carbocycles. The summed E-state index contributed by atoms with van der Waals surface area (Å²) in [6.45, 7) is 3.15. The first-order chi connectivity index (χ1) is 6.54. The Balaban J connectivity index is 0. The number of carbonyl (C=O) groups is 2. The second kappa shape index (κ2) is 12.9. The summed E-state index contributed by atoms with van der Waals surface area (Å²) >= 11 is 10.6. The molecule has 0 atom stereocenters. The maximum Gasteiger partial charge on any atom is 0.129 e. The number of ketones is 2. The van der Waals surface area contributed by atoms with E-state index in [0.717, 1.165) is 12.8 Å². The van der Waals surface area contributed by atoms with Crippen LogP contribution >= 0.6 is 23.2 Å². The highest BCUT2D eigenvalue weighted by molar-refractivity contribution is 6.18. The predicted molar refractivity (Wildman–Crippen MR) is 61.3 cm³/mol. The lowest BCUT2D eigenvalue weighted by Gasteiger charge is -1.85. The molecule has 4 heteroatoms. The maximum absolute atomic E-state index is 10.1. The molecule has 0 radical (unpaired) electrons. The average molecular weight is 241 g/mol. The highest BCUT2D eigenvalue weighted by Crippen LogP contribution is 1.91. The van der Waals surface area contributed by atoms with E-state index in [4.69, 9.17) is 23.2 Å². The molecule has 0 bridgehead atoms. The molecular formula is C10H18Cl2O2. The van der Waals surface area contributed by atoms with Crippen molar-refractivity contribution in [2.45, 2.75) is 39.5 Å². The van der Waals surface area contributed by atoms with Crippen molar-refractivity contribution in [1.29, 1.82) is 0 Å². The van der Waals surface area contributed by atoms with Gasteiger partial charge in [0.15, 0.2) is 0 Å². The van der Waals surface area contributed by atoms with Gasteiger partial charge in [0.2, 0.25) is 0 Å². The summed E-state index contributed by atoms with van der Waals surface area (Å²) in [5, 5.41) is 0. The van der Waals surface area contributed by atoms with Crippen LogP contribution in [-0.4, -0.2) is 23.3 Å². The van der Waals surface area contributed by atoms with Gasteiger partial charge in [0, 0.05) is 24.6 Å². The summed E-state index contributed by atoms with van der Waals surface area (Å²) in [4.78, 5) is 20.3. The molecule has 0 aromatic rings. The van der Waals surface area contributed by atoms with Crippen LogP contribution in [-0.2, 0) is 9.59 Å². The predicted octanol–water partition coefficient (Wildman–Crippen LogP) is 3.19. The summed E-state index contributed by atoms with van der Waals surface area (Å²) in [6.07, 6.45) is 2.89. The largest absolute Gasteiger partial charge is 0.300 e. The molecule has 0 spiro atoms. The van der Waals surface area contributed by atoms with Crippen molar-refractivity contribution in [3.8, 4) is 0 Å². The monoisotopic (exact) mass is 240 g/mol. The number of halogens is 2. The van der Waals surface area contributed by atoms with Crippen molar-refractivity contribution >= 4 is 34.8 Å². The number of Topliss-reactive ketones (excluding diaryl/α,β-unsaturated/α-hetero) is 2. The van der Waals surface area contributed by atoms with Crippen molar-refractivity contribution < 1.29 is 9.59 Å². The van der Waals surface area contributed by atoms with Gasteiger partial charge in [-0.1, -0.05) is 0 Å². The van der Waals surface area contributed by atoms with Crippen LogP contribution in [0.15, 0.2) is 0 Å². The molecule has 0 saturated heterocycles. The molecule has 0 aliphatic heterocycles. The van der Waals surface area contributed by atoms with Gasteiger partial charge >= 0.3 is 0 Å². The van der Waals surface area contributed by atoms with Gasteiger partial charge in [-0.2, -0.15) is 0 Å². The lowest BCUT2D eigenvalue weighted by molar-refractivity contribution is -0.117. The SMILES string of the molecule is CC(=O)CCCCl.CC(=O)CCCCl. The van der Waals surface area contributed by atoms with E-state index in [0.29, 0.717) is 24.6 Å². The van der Waals surface area contributed by atoms with Gasteiger partial charge in [-0.3, -0.25) is 0 Å². The van der Waals surface area contributed by atoms with Crippen LogP contribution in [0.1, 0.15) is 39.5 Å². The van der Waals surface area contributed by atoms with Crippen LogP contribution in [0.4, 0.5) is 0 Å². The first-order valence-electron chi connectivity index (χ1n) is 4.65. The normalized spacial score (nSPS) is 8.86. The van der Waals surface area contributed by atoms with Crippen LogP contribution in [0.2, 0.25) is 0 Å². The van der Waals surface area contributed by atoms with Crippen molar-refractivity contribution in [3.05, 3.63) is 0 Å². The van der Waals surface area contributed by atoms with Crippen LogP contribution in [0.3, 0.4) is 0 Å². The number of alkyl halides is 2. The first kappa shape index (κ1) is 16.4. The molecule has 2 nitrogen and oxygen atoms in total. The van der Waals surface area contributed by atoms with Crippen LogP contribution in [0, 0.1) is 0 Å². The van der Waals surface area contributed by atoms with Crippen molar-refractivity contribution in [1.82, 2.24) is 0 Å². The Morgan fingerprint density at radius 3 is 1.21 bits per heavy atom. The first-order valence-corrected chi connectivity index (χ1v) is 5.72. The zero-order valence-electron chi connectivity index (χ0n) is 8.82. The van der Waals surface area contributed by atoms with Gasteiger partial charge in [-0.25, -0.2) is 0 Å². The van der Waals surface area contributed by atoms with E-state index >= 15 is 0 Å². The summed E-state index contributed by atoms with van der Waals surface area (Å²) in [5.74, 6) is 1.64. The molecule has 14 heavy (non-hydrogen) atoms. The third kappa shape index (κ3) is 22.7. The topological polar surface area (TPSA) is 34.1 Å². The second-order valence-electron chi connectivity index (χ2n) is 2.99. The minimum atomic E-state index is 0.223. The van der Waals surface area contributed by atoms with E-state index in [2.05, 4.69) is 0 Å². The summed E-state index contributed by atoms with van der Waals surface area (Å²) in [5.41, 5.74) is 0. The van der Waals surface area contributed by atoms with Gasteiger partial charge in [-0.15, -0.1) is 23.2 Å². The van der Waals surface area contributed by atoms with E-state index in [1.165, 1.54) is 0 Å². The summed E-state index contributed by atoms with van der Waals surface area (Å²) in [6, 6.07) is 0. The highest BCUT2D eigenvalue weighted by Gasteiger charge is 1.89. The minimum absolute atomic E-state index is 0.223. The maximum atomic E-state index is 10.1. The lowest BCUT2D eigenvalue weighted by atomic mass is 10.3. The molecule has 0 unspecified atom stereocenters. The average Bonchev–Trinajstić information content (AvgIpc) is 2.12. The van der Waals surface area contributed by atoms with E-state index in [1.54, 1.807) is 13.8 Å². The standard InChI is InChI=1S/2C5H9ClO/c2*1-5(7)3-2-4-6/h2*2-4H2,1H3. The fraction of sp³-hybridized carbons (Fsp3) is 0.800. The third-order valence-electron chi connectivity index (χ3n) is 1.32. The minimum Gasteiger partial charge on any atom is -0.300 e. The zero-order chi connectivity index (χ0) is 11.4. The van der Waals surface area contributed by atoms with Gasteiger partial charge in [0.25, 0.3) is 0 Å². The number of rotatable bonds is 6. The van der Waals surface area contributed by atoms with Gasteiger partial charge in [0.1, 0.15) is 11.6 Å². The van der Waals surface area contributed by atoms with Gasteiger partial charge in [-0.05, 0) is 26.7 Å². The Hall–Kier alpha value is -0.0800. The molecule has 0 saturated carbocycles. The van der Waals surface area contributed by atoms with E-state index in [-0.39, 0.29) is 11.6 Å². The van der Waals surface area contributed by atoms with Crippen molar-refractivity contribution in [3.63, 3.8) is 0 Å². The van der Waals surface area contributed by atoms with Crippen molar-refractivity contribution in [2.24, 2.45) is 0 Å². The smallest absolute Gasteiger partial charge is 0.129 e. The Kier molecular flexibility index (Phi) is 15.1. The summed E-state index contributed by atoms with van der Waals surface area (Å²) < 4.78 is 0. The molecule has 0 aliphatic carbocycles. The van der Waals surface area contributed by atoms with E-state index in [1.807, 2.05) is 0 Å². The Bertz CT molecular complexity index is 140. The lowest BCUT2D eigenvalue weighted by Crippen LogP contribution is -1.88. The van der Waals surface area contributed by atoms with Crippen LogP contribution in [0.25, 0.3) is 0 Å². The fourth-order valence-corrected chi connectivity index (χ4v) is 0.899. The van der Waals surface area contributed by atoms with Gasteiger partial charge in [0.05, 0.1) is 0 Å². The summed E-state index contributed by atoms with van der Waals surface area (Å²) in [7, 11) is 0. The molecule has 0 amide bonds. The molecule has 0 heterocycles. The van der Waals surface area contributed by atoms with Crippen molar-refractivity contribution in [2.75, 3.05) is 11.8 Å². The Morgan fingerprint density at radius 2 is 1.14 bits per heavy atom. The molecule has 0 rings (SSSR count). The Labute approximate surface area is 96.0 Å². The molecule has 0 fully saturated rings. The molecule has 0 aliphatic rings. The highest BCUT2D eigenvalue weighted by atomic mass is 35.5. The zero-order valence-corrected chi connectivity index (χ0v) is 10.3. The number of carbonyl (C=O) groups excluding carboxylic acids is 2. The molecule has 84 valence electrons.